The number of benzene rings is 2. The van der Waals surface area contributed by atoms with Crippen LogP contribution in [0.4, 0.5) is 0 Å². The predicted molar refractivity (Wildman–Crippen MR) is 90.1 cm³/mol. The lowest BCUT2D eigenvalue weighted by Gasteiger charge is -2.20. The lowest BCUT2D eigenvalue weighted by atomic mass is 9.95. The van der Waals surface area contributed by atoms with Crippen molar-refractivity contribution in [2.75, 3.05) is 0 Å². The van der Waals surface area contributed by atoms with E-state index in [4.69, 9.17) is 17.4 Å². The van der Waals surface area contributed by atoms with Crippen LogP contribution in [0.15, 0.2) is 59.3 Å². The van der Waals surface area contributed by atoms with Crippen molar-refractivity contribution in [2.45, 2.75) is 6.04 Å². The summed E-state index contributed by atoms with van der Waals surface area (Å²) in [6, 6.07) is 13.6. The summed E-state index contributed by atoms with van der Waals surface area (Å²) >= 11 is 9.69. The number of halogens is 2. The summed E-state index contributed by atoms with van der Waals surface area (Å²) < 4.78 is 0.959. The van der Waals surface area contributed by atoms with Gasteiger partial charge >= 0.3 is 0 Å². The Kier molecular flexibility index (Phi) is 4.22. The third kappa shape index (κ3) is 2.80. The molecule has 0 aliphatic rings. The SMILES string of the molecule is NNC(c1cc(Cl)ccc1Br)c1cccc2cnccc12. The van der Waals surface area contributed by atoms with Crippen molar-refractivity contribution in [2.24, 2.45) is 5.84 Å². The topological polar surface area (TPSA) is 50.9 Å². The van der Waals surface area contributed by atoms with E-state index >= 15 is 0 Å². The molecule has 3 aromatic rings. The minimum absolute atomic E-state index is 0.163. The Morgan fingerprint density at radius 1 is 1.14 bits per heavy atom. The zero-order valence-electron chi connectivity index (χ0n) is 11.1. The fourth-order valence-corrected chi connectivity index (χ4v) is 3.14. The van der Waals surface area contributed by atoms with Crippen LogP contribution in [0, 0.1) is 0 Å². The van der Waals surface area contributed by atoms with E-state index in [1.54, 1.807) is 6.20 Å². The van der Waals surface area contributed by atoms with Crippen LogP contribution in [0.25, 0.3) is 10.8 Å². The zero-order valence-corrected chi connectivity index (χ0v) is 13.4. The molecule has 3 rings (SSSR count). The molecule has 0 aliphatic carbocycles. The first-order valence-corrected chi connectivity index (χ1v) is 7.61. The largest absolute Gasteiger partial charge is 0.271 e. The molecule has 0 amide bonds. The fraction of sp³-hybridized carbons (Fsp3) is 0.0625. The first kappa shape index (κ1) is 14.5. The highest BCUT2D eigenvalue weighted by Crippen LogP contribution is 2.33. The molecule has 1 aromatic heterocycles. The number of nitrogens with zero attached hydrogens (tertiary/aromatic N) is 1. The van der Waals surface area contributed by atoms with Crippen LogP contribution in [0.5, 0.6) is 0 Å². The average Bonchev–Trinajstić information content (AvgIpc) is 2.51. The molecule has 3 nitrogen and oxygen atoms in total. The van der Waals surface area contributed by atoms with Crippen molar-refractivity contribution in [1.29, 1.82) is 0 Å². The van der Waals surface area contributed by atoms with Crippen LogP contribution in [-0.4, -0.2) is 4.98 Å². The van der Waals surface area contributed by atoms with E-state index in [9.17, 15) is 0 Å². The monoisotopic (exact) mass is 361 g/mol. The minimum Gasteiger partial charge on any atom is -0.271 e. The first-order chi connectivity index (χ1) is 10.2. The summed E-state index contributed by atoms with van der Waals surface area (Å²) in [6.07, 6.45) is 3.63. The normalized spacial score (nSPS) is 12.5. The van der Waals surface area contributed by atoms with E-state index in [0.29, 0.717) is 5.02 Å². The third-order valence-corrected chi connectivity index (χ3v) is 4.42. The van der Waals surface area contributed by atoms with Crippen molar-refractivity contribution < 1.29 is 0 Å². The summed E-state index contributed by atoms with van der Waals surface area (Å²) in [5.41, 5.74) is 4.96. The van der Waals surface area contributed by atoms with Gasteiger partial charge in [-0.2, -0.15) is 0 Å². The van der Waals surface area contributed by atoms with Gasteiger partial charge in [0.05, 0.1) is 6.04 Å². The van der Waals surface area contributed by atoms with Gasteiger partial charge in [0.2, 0.25) is 0 Å². The lowest BCUT2D eigenvalue weighted by molar-refractivity contribution is 0.638. The number of aromatic nitrogens is 1. The van der Waals surface area contributed by atoms with Gasteiger partial charge in [-0.3, -0.25) is 10.8 Å². The van der Waals surface area contributed by atoms with Gasteiger partial charge in [0, 0.05) is 27.3 Å². The maximum Gasteiger partial charge on any atom is 0.0727 e. The summed E-state index contributed by atoms with van der Waals surface area (Å²) in [6.45, 7) is 0. The Labute approximate surface area is 136 Å². The van der Waals surface area contributed by atoms with Crippen molar-refractivity contribution in [1.82, 2.24) is 10.4 Å². The molecule has 0 fully saturated rings. The molecule has 106 valence electrons. The van der Waals surface area contributed by atoms with Gasteiger partial charge in [0.25, 0.3) is 0 Å². The number of hydrazine groups is 1. The van der Waals surface area contributed by atoms with Crippen LogP contribution < -0.4 is 11.3 Å². The van der Waals surface area contributed by atoms with Crippen molar-refractivity contribution in [3.05, 3.63) is 75.5 Å². The second-order valence-electron chi connectivity index (χ2n) is 4.71. The molecule has 0 bridgehead atoms. The van der Waals surface area contributed by atoms with Crippen LogP contribution >= 0.6 is 27.5 Å². The Hall–Kier alpha value is -1.46. The second-order valence-corrected chi connectivity index (χ2v) is 6.00. The molecule has 1 atom stereocenters. The summed E-state index contributed by atoms with van der Waals surface area (Å²) in [4.78, 5) is 4.16. The molecule has 5 heteroatoms. The minimum atomic E-state index is -0.163. The van der Waals surface area contributed by atoms with E-state index in [-0.39, 0.29) is 6.04 Å². The smallest absolute Gasteiger partial charge is 0.0727 e. The van der Waals surface area contributed by atoms with Gasteiger partial charge in [-0.1, -0.05) is 45.7 Å². The number of nitrogens with one attached hydrogen (secondary N) is 1. The highest BCUT2D eigenvalue weighted by Gasteiger charge is 2.18. The molecule has 0 radical (unpaired) electrons. The molecule has 21 heavy (non-hydrogen) atoms. The third-order valence-electron chi connectivity index (χ3n) is 3.46. The number of nitrogens with two attached hydrogens (primary N) is 1. The molecule has 0 spiro atoms. The molecule has 1 heterocycles. The summed E-state index contributed by atoms with van der Waals surface area (Å²) in [7, 11) is 0. The highest BCUT2D eigenvalue weighted by molar-refractivity contribution is 9.10. The van der Waals surface area contributed by atoms with Crippen LogP contribution in [0.1, 0.15) is 17.2 Å². The maximum absolute atomic E-state index is 6.12. The van der Waals surface area contributed by atoms with Crippen LogP contribution in [-0.2, 0) is 0 Å². The first-order valence-electron chi connectivity index (χ1n) is 6.44. The maximum atomic E-state index is 6.12. The van der Waals surface area contributed by atoms with Gasteiger partial charge in [-0.05, 0) is 40.8 Å². The highest BCUT2D eigenvalue weighted by atomic mass is 79.9. The molecular weight excluding hydrogens is 350 g/mol. The summed E-state index contributed by atoms with van der Waals surface area (Å²) in [5, 5.41) is 2.87. The number of pyridine rings is 1. The Morgan fingerprint density at radius 2 is 2.00 bits per heavy atom. The van der Waals surface area contributed by atoms with Crippen LogP contribution in [0.3, 0.4) is 0 Å². The zero-order chi connectivity index (χ0) is 14.8. The van der Waals surface area contributed by atoms with E-state index in [1.807, 2.05) is 42.6 Å². The second kappa shape index (κ2) is 6.12. The van der Waals surface area contributed by atoms with Gasteiger partial charge < -0.3 is 0 Å². The molecule has 1 unspecified atom stereocenters. The quantitative estimate of drug-likeness (QED) is 0.542. The van der Waals surface area contributed by atoms with E-state index < -0.39 is 0 Å². The Morgan fingerprint density at radius 3 is 2.81 bits per heavy atom. The Balaban J connectivity index is 2.21. The van der Waals surface area contributed by atoms with Gasteiger partial charge in [-0.25, -0.2) is 5.43 Å². The van der Waals surface area contributed by atoms with Crippen molar-refractivity contribution in [3.63, 3.8) is 0 Å². The number of fused-ring (bicyclic) bond motifs is 1. The molecule has 3 N–H and O–H groups in total. The number of rotatable bonds is 3. The summed E-state index contributed by atoms with van der Waals surface area (Å²) in [5.74, 6) is 5.82. The van der Waals surface area contributed by atoms with Gasteiger partial charge in [0.1, 0.15) is 0 Å². The fourth-order valence-electron chi connectivity index (χ4n) is 2.48. The van der Waals surface area contributed by atoms with E-state index in [1.165, 1.54) is 0 Å². The number of hydrogen-bond donors (Lipinski definition) is 2. The molecule has 0 saturated heterocycles. The number of hydrogen-bond acceptors (Lipinski definition) is 3. The van der Waals surface area contributed by atoms with Gasteiger partial charge in [-0.15, -0.1) is 0 Å². The lowest BCUT2D eigenvalue weighted by Crippen LogP contribution is -2.29. The molecule has 0 saturated carbocycles. The van der Waals surface area contributed by atoms with Crippen LogP contribution in [0.2, 0.25) is 5.02 Å². The van der Waals surface area contributed by atoms with E-state index in [2.05, 4.69) is 32.4 Å². The molecule has 2 aromatic carbocycles. The average molecular weight is 363 g/mol. The molecular formula is C16H13BrClN3. The van der Waals surface area contributed by atoms with Crippen molar-refractivity contribution >= 4 is 38.3 Å². The molecule has 0 aliphatic heterocycles. The standard InChI is InChI=1S/C16H13BrClN3/c17-15-5-4-11(18)8-14(15)16(21-19)13-3-1-2-10-9-20-7-6-12(10)13/h1-9,16,21H,19H2. The van der Waals surface area contributed by atoms with Crippen molar-refractivity contribution in [3.8, 4) is 0 Å². The van der Waals surface area contributed by atoms with E-state index in [0.717, 1.165) is 26.4 Å². The van der Waals surface area contributed by atoms with Gasteiger partial charge in [0.15, 0.2) is 0 Å². The Bertz CT molecular complexity index is 786. The predicted octanol–water partition coefficient (Wildman–Crippen LogP) is 4.20.